The van der Waals surface area contributed by atoms with Crippen molar-refractivity contribution in [3.63, 3.8) is 0 Å². The van der Waals surface area contributed by atoms with Gasteiger partial charge in [0.1, 0.15) is 5.69 Å². The SMILES string of the molecule is CC[O-].O=C([O-])c1nccc(Cl)c1Cl.[NH4+].[NH4+]. The van der Waals surface area contributed by atoms with Crippen LogP contribution in [-0.2, 0) is 0 Å². The van der Waals surface area contributed by atoms with Crippen LogP contribution in [0.25, 0.3) is 0 Å². The molecule has 94 valence electrons. The van der Waals surface area contributed by atoms with Crippen LogP contribution in [0.15, 0.2) is 12.3 Å². The van der Waals surface area contributed by atoms with Gasteiger partial charge in [0.25, 0.3) is 0 Å². The molecule has 0 saturated heterocycles. The van der Waals surface area contributed by atoms with Gasteiger partial charge in [-0.05, 0) is 6.07 Å². The van der Waals surface area contributed by atoms with Crippen molar-refractivity contribution in [2.24, 2.45) is 0 Å². The van der Waals surface area contributed by atoms with Crippen LogP contribution in [0, 0.1) is 0 Å². The summed E-state index contributed by atoms with van der Waals surface area (Å²) in [6.07, 6.45) is 1.25. The number of quaternary nitrogens is 2. The van der Waals surface area contributed by atoms with Gasteiger partial charge in [0, 0.05) is 6.20 Å². The first-order valence-corrected chi connectivity index (χ1v) is 4.39. The van der Waals surface area contributed by atoms with Crippen molar-refractivity contribution in [2.45, 2.75) is 6.92 Å². The van der Waals surface area contributed by atoms with Crippen LogP contribution in [0.1, 0.15) is 17.4 Å². The van der Waals surface area contributed by atoms with E-state index in [4.69, 9.17) is 28.3 Å². The quantitative estimate of drug-likeness (QED) is 0.779. The zero-order chi connectivity index (χ0) is 11.1. The Morgan fingerprint density at radius 2 is 1.88 bits per heavy atom. The van der Waals surface area contributed by atoms with Crippen molar-refractivity contribution in [1.29, 1.82) is 0 Å². The molecule has 0 spiro atoms. The maximum Gasteiger partial charge on any atom is 0.106 e. The van der Waals surface area contributed by atoms with Crippen LogP contribution >= 0.6 is 23.2 Å². The molecule has 1 aromatic heterocycles. The summed E-state index contributed by atoms with van der Waals surface area (Å²) in [4.78, 5) is 13.7. The van der Waals surface area contributed by atoms with Gasteiger partial charge in [-0.25, -0.2) is 0 Å². The summed E-state index contributed by atoms with van der Waals surface area (Å²) in [5, 5.41) is 19.3. The van der Waals surface area contributed by atoms with Gasteiger partial charge in [0.2, 0.25) is 0 Å². The number of rotatable bonds is 1. The zero-order valence-electron chi connectivity index (χ0n) is 9.29. The van der Waals surface area contributed by atoms with Gasteiger partial charge in [-0.2, -0.15) is 0 Å². The molecular weight excluding hydrogens is 257 g/mol. The first kappa shape index (κ1) is 20.5. The third-order valence-electron chi connectivity index (χ3n) is 1.04. The van der Waals surface area contributed by atoms with Crippen molar-refractivity contribution in [2.75, 3.05) is 6.61 Å². The Labute approximate surface area is 103 Å². The molecule has 0 atom stereocenters. The summed E-state index contributed by atoms with van der Waals surface area (Å²) in [6.45, 7) is 1.57. The van der Waals surface area contributed by atoms with Crippen molar-refractivity contribution in [1.82, 2.24) is 17.3 Å². The number of carbonyl (C=O) groups excluding carboxylic acids is 1. The monoisotopic (exact) mass is 271 g/mol. The van der Waals surface area contributed by atoms with E-state index >= 15 is 0 Å². The van der Waals surface area contributed by atoms with Gasteiger partial charge in [0.05, 0.1) is 16.0 Å². The third-order valence-corrected chi connectivity index (χ3v) is 1.83. The molecule has 0 aliphatic heterocycles. The summed E-state index contributed by atoms with van der Waals surface area (Å²) in [5.74, 6) is -1.43. The molecule has 0 radical (unpaired) electrons. The Morgan fingerprint density at radius 3 is 2.19 bits per heavy atom. The first-order valence-electron chi connectivity index (χ1n) is 3.64. The Morgan fingerprint density at radius 1 is 1.44 bits per heavy atom. The van der Waals surface area contributed by atoms with E-state index < -0.39 is 5.97 Å². The molecule has 1 rings (SSSR count). The van der Waals surface area contributed by atoms with Crippen LogP contribution < -0.4 is 22.5 Å². The Hall–Kier alpha value is -0.920. The molecule has 1 heterocycles. The van der Waals surface area contributed by atoms with E-state index in [0.717, 1.165) is 0 Å². The first-order chi connectivity index (χ1) is 6.54. The Bertz CT molecular complexity index is 323. The average molecular weight is 272 g/mol. The molecule has 0 bridgehead atoms. The van der Waals surface area contributed by atoms with Crippen molar-refractivity contribution in [3.05, 3.63) is 28.0 Å². The fourth-order valence-corrected chi connectivity index (χ4v) is 0.897. The lowest BCUT2D eigenvalue weighted by atomic mass is 10.3. The van der Waals surface area contributed by atoms with E-state index in [1.807, 2.05) is 0 Å². The predicted octanol–water partition coefficient (Wildman–Crippen LogP) is 0.871. The van der Waals surface area contributed by atoms with E-state index in [9.17, 15) is 9.90 Å². The fraction of sp³-hybridized carbons (Fsp3) is 0.250. The second kappa shape index (κ2) is 10.6. The van der Waals surface area contributed by atoms with Crippen LogP contribution in [0.2, 0.25) is 10.0 Å². The Balaban J connectivity index is -0.000000306. The summed E-state index contributed by atoms with van der Waals surface area (Å²) < 4.78 is 0. The van der Waals surface area contributed by atoms with E-state index in [2.05, 4.69) is 4.98 Å². The molecule has 0 unspecified atom stereocenters. The molecule has 1 aromatic rings. The van der Waals surface area contributed by atoms with Gasteiger partial charge in [-0.3, -0.25) is 4.98 Å². The number of aromatic nitrogens is 1. The molecule has 8 N–H and O–H groups in total. The van der Waals surface area contributed by atoms with Crippen LogP contribution in [-0.4, -0.2) is 17.6 Å². The number of carboxylic acid groups (broad SMARTS) is 1. The number of carbonyl (C=O) groups is 1. The minimum absolute atomic E-state index is 0. The summed E-state index contributed by atoms with van der Waals surface area (Å²) in [7, 11) is 0. The molecule has 0 aliphatic carbocycles. The van der Waals surface area contributed by atoms with Crippen molar-refractivity contribution >= 4 is 29.2 Å². The number of pyridine rings is 1. The predicted molar refractivity (Wildman–Crippen MR) is 61.1 cm³/mol. The maximum atomic E-state index is 10.3. The van der Waals surface area contributed by atoms with E-state index in [0.29, 0.717) is 0 Å². The molecule has 0 aromatic carbocycles. The minimum atomic E-state index is -1.43. The highest BCUT2D eigenvalue weighted by atomic mass is 35.5. The van der Waals surface area contributed by atoms with Crippen LogP contribution in [0.3, 0.4) is 0 Å². The fourth-order valence-electron chi connectivity index (χ4n) is 0.563. The summed E-state index contributed by atoms with van der Waals surface area (Å²) >= 11 is 11.0. The van der Waals surface area contributed by atoms with Gasteiger partial charge in [-0.1, -0.05) is 30.1 Å². The van der Waals surface area contributed by atoms with Crippen LogP contribution in [0.5, 0.6) is 0 Å². The number of halogens is 2. The Kier molecular flexibility index (Phi) is 13.6. The van der Waals surface area contributed by atoms with E-state index in [1.165, 1.54) is 12.3 Å². The molecule has 0 amide bonds. The largest absolute Gasteiger partial charge is 0.855 e. The lowest BCUT2D eigenvalue weighted by Gasteiger charge is -2.03. The van der Waals surface area contributed by atoms with Gasteiger partial charge >= 0.3 is 0 Å². The van der Waals surface area contributed by atoms with Gasteiger partial charge < -0.3 is 27.3 Å². The number of carboxylic acids is 1. The molecule has 0 aliphatic rings. The van der Waals surface area contributed by atoms with Gasteiger partial charge in [0.15, 0.2) is 0 Å². The number of hydrogen-bond donors (Lipinski definition) is 2. The lowest BCUT2D eigenvalue weighted by Crippen LogP contribution is -2.23. The maximum absolute atomic E-state index is 10.3. The van der Waals surface area contributed by atoms with E-state index in [1.54, 1.807) is 6.92 Å². The van der Waals surface area contributed by atoms with E-state index in [-0.39, 0.29) is 34.6 Å². The highest BCUT2D eigenvalue weighted by molar-refractivity contribution is 6.43. The smallest absolute Gasteiger partial charge is 0.106 e. The van der Waals surface area contributed by atoms with Crippen molar-refractivity contribution < 1.29 is 15.0 Å². The highest BCUT2D eigenvalue weighted by Crippen LogP contribution is 2.22. The summed E-state index contributed by atoms with van der Waals surface area (Å²) in [6, 6.07) is 1.40. The van der Waals surface area contributed by atoms with Crippen molar-refractivity contribution in [3.8, 4) is 0 Å². The second-order valence-corrected chi connectivity index (χ2v) is 2.82. The molecule has 16 heavy (non-hydrogen) atoms. The molecule has 0 saturated carbocycles. The molecule has 6 nitrogen and oxygen atoms in total. The van der Waals surface area contributed by atoms with Crippen LogP contribution in [0.4, 0.5) is 0 Å². The lowest BCUT2D eigenvalue weighted by molar-refractivity contribution is -0.361. The standard InChI is InChI=1S/C6H3Cl2NO2.C2H5O.2H3N/c7-3-1-2-9-5(4(3)8)6(10)11;1-2-3;;/h1-2H,(H,10,11);2H2,1H3;2*1H3/q;-1;;/p+1. The second-order valence-electron chi connectivity index (χ2n) is 2.03. The molecule has 8 heteroatoms. The average Bonchev–Trinajstić information content (AvgIpc) is 2.10. The minimum Gasteiger partial charge on any atom is -0.855 e. The molecule has 0 fully saturated rings. The normalized spacial score (nSPS) is 7.75. The third kappa shape index (κ3) is 6.54. The number of aromatic carboxylic acids is 1. The number of hydrogen-bond acceptors (Lipinski definition) is 4. The molecular formula is C8H15Cl2N3O3. The highest BCUT2D eigenvalue weighted by Gasteiger charge is 2.05. The van der Waals surface area contributed by atoms with Gasteiger partial charge in [-0.15, -0.1) is 6.61 Å². The topological polar surface area (TPSA) is 149 Å². The number of nitrogens with zero attached hydrogens (tertiary/aromatic N) is 1. The summed E-state index contributed by atoms with van der Waals surface area (Å²) in [5.41, 5.74) is -0.334. The zero-order valence-corrected chi connectivity index (χ0v) is 10.8.